The van der Waals surface area contributed by atoms with Crippen molar-refractivity contribution in [1.29, 1.82) is 5.26 Å². The van der Waals surface area contributed by atoms with Crippen molar-refractivity contribution in [3.05, 3.63) is 64.3 Å². The van der Waals surface area contributed by atoms with E-state index in [4.69, 9.17) is 0 Å². The van der Waals surface area contributed by atoms with Crippen LogP contribution < -0.4 is 21.1 Å². The third kappa shape index (κ3) is 4.22. The molecule has 36 heavy (non-hydrogen) atoms. The third-order valence-electron chi connectivity index (χ3n) is 4.91. The van der Waals surface area contributed by atoms with Crippen LogP contribution in [0.3, 0.4) is 0 Å². The molecular formula is C21H14F4N10O. The lowest BCUT2D eigenvalue weighted by atomic mass is 10.2. The van der Waals surface area contributed by atoms with Crippen LogP contribution in [0.25, 0.3) is 24.4 Å². The number of carbonyl (C=O) groups excluding carboxylic acids is 1. The number of nitrogens with one attached hydrogen (secondary N) is 2. The number of amides is 1. The van der Waals surface area contributed by atoms with Gasteiger partial charge in [0.15, 0.2) is 11.5 Å². The molecule has 4 aromatic rings. The second-order valence-electron chi connectivity index (χ2n) is 7.04. The van der Waals surface area contributed by atoms with Gasteiger partial charge in [0.05, 0.1) is 59.5 Å². The average molecular weight is 498 g/mol. The van der Waals surface area contributed by atoms with Crippen LogP contribution in [0.15, 0.2) is 37.1 Å². The van der Waals surface area contributed by atoms with Gasteiger partial charge in [-0.15, -0.1) is 4.80 Å². The zero-order valence-corrected chi connectivity index (χ0v) is 18.2. The van der Waals surface area contributed by atoms with Crippen LogP contribution in [0.2, 0.25) is 0 Å². The number of aromatic nitrogens is 7. The molecule has 4 heterocycles. The predicted molar refractivity (Wildman–Crippen MR) is 118 cm³/mol. The first-order valence-electron chi connectivity index (χ1n) is 9.89. The summed E-state index contributed by atoms with van der Waals surface area (Å²) in [6, 6.07) is 3.07. The van der Waals surface area contributed by atoms with Gasteiger partial charge in [-0.1, -0.05) is 6.58 Å². The van der Waals surface area contributed by atoms with Gasteiger partial charge in [0.2, 0.25) is 0 Å². The highest BCUT2D eigenvalue weighted by Gasteiger charge is 2.41. The summed E-state index contributed by atoms with van der Waals surface area (Å²) in [6.07, 6.45) is 0.705. The highest BCUT2D eigenvalue weighted by molar-refractivity contribution is 6.05. The Bertz CT molecular complexity index is 1600. The van der Waals surface area contributed by atoms with Crippen LogP contribution in [-0.4, -0.2) is 47.7 Å². The van der Waals surface area contributed by atoms with E-state index in [2.05, 4.69) is 42.5 Å². The zero-order valence-electron chi connectivity index (χ0n) is 18.2. The number of carbonyl (C=O) groups is 1. The van der Waals surface area contributed by atoms with E-state index in [9.17, 15) is 27.6 Å². The second kappa shape index (κ2) is 9.25. The van der Waals surface area contributed by atoms with E-state index in [1.165, 1.54) is 25.5 Å². The minimum Gasteiger partial charge on any atom is -0.373 e. The molecule has 0 aromatic carbocycles. The lowest BCUT2D eigenvalue weighted by Crippen LogP contribution is -2.33. The first-order valence-corrected chi connectivity index (χ1v) is 9.89. The van der Waals surface area contributed by atoms with Gasteiger partial charge in [-0.25, -0.2) is 19.0 Å². The highest BCUT2D eigenvalue weighted by Crippen LogP contribution is 2.33. The molecule has 182 valence electrons. The molecule has 0 radical (unpaired) electrons. The Morgan fingerprint density at radius 3 is 2.50 bits per heavy atom. The van der Waals surface area contributed by atoms with E-state index in [0.29, 0.717) is 10.9 Å². The van der Waals surface area contributed by atoms with Crippen LogP contribution in [0.4, 0.5) is 29.1 Å². The maximum atomic E-state index is 14.1. The summed E-state index contributed by atoms with van der Waals surface area (Å²) in [5, 5.41) is 25.4. The molecular weight excluding hydrogens is 484 g/mol. The van der Waals surface area contributed by atoms with E-state index in [1.54, 1.807) is 0 Å². The Hall–Kier alpha value is -5.13. The largest absolute Gasteiger partial charge is 0.434 e. The van der Waals surface area contributed by atoms with Gasteiger partial charge in [-0.05, 0) is 6.07 Å². The summed E-state index contributed by atoms with van der Waals surface area (Å²) in [4.78, 5) is 21.8. The summed E-state index contributed by atoms with van der Waals surface area (Å²) >= 11 is 0. The van der Waals surface area contributed by atoms with Crippen molar-refractivity contribution in [3.63, 3.8) is 0 Å². The minimum atomic E-state index is -5.04. The van der Waals surface area contributed by atoms with Crippen LogP contribution in [0.1, 0.15) is 21.6 Å². The van der Waals surface area contributed by atoms with Crippen molar-refractivity contribution in [2.75, 3.05) is 17.7 Å². The number of nitrogens with zero attached hydrogens (tertiary/aromatic N) is 8. The van der Waals surface area contributed by atoms with Gasteiger partial charge in [0.25, 0.3) is 5.91 Å². The Balaban J connectivity index is 1.76. The van der Waals surface area contributed by atoms with E-state index < -0.39 is 23.3 Å². The van der Waals surface area contributed by atoms with Crippen molar-refractivity contribution in [2.45, 2.75) is 6.18 Å². The lowest BCUT2D eigenvalue weighted by Gasteiger charge is -2.14. The van der Waals surface area contributed by atoms with Gasteiger partial charge in [-0.2, -0.15) is 33.7 Å². The Kier molecular flexibility index (Phi) is 6.17. The minimum absolute atomic E-state index is 0.0388. The molecule has 4 aromatic heterocycles. The fourth-order valence-electron chi connectivity index (χ4n) is 3.31. The van der Waals surface area contributed by atoms with Gasteiger partial charge in [-0.3, -0.25) is 4.79 Å². The highest BCUT2D eigenvalue weighted by atomic mass is 19.4. The summed E-state index contributed by atoms with van der Waals surface area (Å²) < 4.78 is 56.0. The Morgan fingerprint density at radius 1 is 1.17 bits per heavy atom. The number of halogens is 4. The van der Waals surface area contributed by atoms with Gasteiger partial charge >= 0.3 is 6.18 Å². The van der Waals surface area contributed by atoms with Crippen molar-refractivity contribution < 1.29 is 22.4 Å². The molecule has 11 nitrogen and oxygen atoms in total. The molecule has 0 aliphatic rings. The maximum absolute atomic E-state index is 14.1. The molecule has 0 saturated carbocycles. The quantitative estimate of drug-likeness (QED) is 0.395. The van der Waals surface area contributed by atoms with Crippen molar-refractivity contribution in [1.82, 2.24) is 34.7 Å². The molecule has 0 bridgehead atoms. The molecule has 4 rings (SSSR count). The molecule has 0 aliphatic carbocycles. The summed E-state index contributed by atoms with van der Waals surface area (Å²) in [5.74, 6) is -1.06. The first-order chi connectivity index (χ1) is 17.2. The van der Waals surface area contributed by atoms with Crippen LogP contribution >= 0.6 is 0 Å². The monoisotopic (exact) mass is 498 g/mol. The molecule has 15 heteroatoms. The second-order valence-corrected chi connectivity index (χ2v) is 7.04. The van der Waals surface area contributed by atoms with Gasteiger partial charge in [0.1, 0.15) is 17.5 Å². The molecule has 0 aliphatic heterocycles. The Morgan fingerprint density at radius 2 is 1.89 bits per heavy atom. The fraction of sp³-hybridized carbons (Fsp3) is 0.0952. The summed E-state index contributed by atoms with van der Waals surface area (Å²) in [6.45, 7) is 3.64. The summed E-state index contributed by atoms with van der Waals surface area (Å²) in [7, 11) is 1.45. The van der Waals surface area contributed by atoms with E-state index in [1.807, 2.05) is 6.07 Å². The number of hydrogen-bond donors (Lipinski definition) is 2. The smallest absolute Gasteiger partial charge is 0.373 e. The van der Waals surface area contributed by atoms with E-state index in [-0.39, 0.29) is 45.3 Å². The maximum Gasteiger partial charge on any atom is 0.434 e. The van der Waals surface area contributed by atoms with E-state index >= 15 is 0 Å². The number of pyridine rings is 2. The first kappa shape index (κ1) is 24.0. The number of alkyl halides is 3. The SMILES string of the molecule is C=c1c(-n2ncc(C(=O)Nc3cnc(-n4nccn4)c(C#N)c3)c2C(F)(F)F)cnc(NC)/c1=C\F. The topological polar surface area (TPSA) is 139 Å². The zero-order chi connectivity index (χ0) is 26.0. The molecule has 0 fully saturated rings. The van der Waals surface area contributed by atoms with Crippen LogP contribution in [0.5, 0.6) is 0 Å². The lowest BCUT2D eigenvalue weighted by molar-refractivity contribution is -0.143. The Labute approximate surface area is 199 Å². The number of anilines is 2. The molecule has 1 amide bonds. The van der Waals surface area contributed by atoms with Crippen LogP contribution in [0, 0.1) is 11.3 Å². The van der Waals surface area contributed by atoms with E-state index in [0.717, 1.165) is 17.2 Å². The molecule has 0 spiro atoms. The predicted octanol–water partition coefficient (Wildman–Crippen LogP) is 1.55. The number of nitriles is 1. The van der Waals surface area contributed by atoms with Crippen molar-refractivity contribution >= 4 is 30.3 Å². The summed E-state index contributed by atoms with van der Waals surface area (Å²) in [5.41, 5.74) is -2.64. The van der Waals surface area contributed by atoms with Crippen LogP contribution in [-0.2, 0) is 6.18 Å². The van der Waals surface area contributed by atoms with Crippen molar-refractivity contribution in [2.24, 2.45) is 0 Å². The number of hydrogen-bond acceptors (Lipinski definition) is 8. The normalized spacial score (nSPS) is 11.8. The molecule has 2 N–H and O–H groups in total. The number of rotatable bonds is 5. The van der Waals surface area contributed by atoms with Crippen molar-refractivity contribution in [3.8, 4) is 17.6 Å². The standard InChI is InChI=1S/C21H14F4N10O/c1-11-14(6-22)18(27-2)28-10-16(11)34-17(21(23,24)25)15(9-32-34)20(36)33-13-5-12(7-26)19(29-8-13)35-30-3-4-31-35/h3-6,8-10H,1H2,2H3,(H,27,28)(H,33,36)/b14-6-. The van der Waals surface area contributed by atoms with Gasteiger partial charge < -0.3 is 10.6 Å². The fourth-order valence-corrected chi connectivity index (χ4v) is 3.31. The molecule has 0 unspecified atom stereocenters. The molecule has 0 atom stereocenters. The van der Waals surface area contributed by atoms with Gasteiger partial charge in [0, 0.05) is 12.3 Å². The average Bonchev–Trinajstić information content (AvgIpc) is 3.54. The third-order valence-corrected chi connectivity index (χ3v) is 4.91. The molecule has 0 saturated heterocycles.